The van der Waals surface area contributed by atoms with Crippen molar-refractivity contribution in [3.8, 4) is 11.5 Å². The second-order valence-corrected chi connectivity index (χ2v) is 8.60. The van der Waals surface area contributed by atoms with E-state index in [1.54, 1.807) is 28.9 Å². The first kappa shape index (κ1) is 21.4. The van der Waals surface area contributed by atoms with Crippen molar-refractivity contribution in [1.82, 2.24) is 9.61 Å². The topological polar surface area (TPSA) is 68.1 Å². The minimum Gasteiger partial charge on any atom is -0.486 e. The van der Waals surface area contributed by atoms with E-state index in [-0.39, 0.29) is 11.9 Å². The zero-order valence-electron chi connectivity index (χ0n) is 18.7. The van der Waals surface area contributed by atoms with Gasteiger partial charge in [0.05, 0.1) is 23.3 Å². The van der Waals surface area contributed by atoms with Crippen molar-refractivity contribution in [2.75, 3.05) is 30.0 Å². The fourth-order valence-electron chi connectivity index (χ4n) is 4.81. The average Bonchev–Trinajstić information content (AvgIpc) is 3.52. The molecule has 0 aliphatic carbocycles. The summed E-state index contributed by atoms with van der Waals surface area (Å²) in [6.07, 6.45) is 4.84. The summed E-state index contributed by atoms with van der Waals surface area (Å²) < 4.78 is 41.1. The Hall–Kier alpha value is -4.14. The number of nitrogens with one attached hydrogen (secondary N) is 1. The van der Waals surface area contributed by atoms with E-state index in [0.717, 1.165) is 18.2 Å². The number of halogens is 2. The Labute approximate surface area is 199 Å². The van der Waals surface area contributed by atoms with Crippen LogP contribution in [0.2, 0.25) is 0 Å². The lowest BCUT2D eigenvalue weighted by atomic mass is 10.0. The van der Waals surface area contributed by atoms with Crippen LogP contribution >= 0.6 is 0 Å². The van der Waals surface area contributed by atoms with Gasteiger partial charge >= 0.3 is 0 Å². The monoisotopic (exact) mass is 476 g/mol. The molecule has 2 aromatic heterocycles. The normalized spacial score (nSPS) is 17.1. The summed E-state index contributed by atoms with van der Waals surface area (Å²) >= 11 is 0. The van der Waals surface area contributed by atoms with Crippen LogP contribution in [0.1, 0.15) is 34.8 Å². The van der Waals surface area contributed by atoms with Gasteiger partial charge in [0.2, 0.25) is 0 Å². The quantitative estimate of drug-likeness (QED) is 0.450. The van der Waals surface area contributed by atoms with E-state index in [1.807, 2.05) is 17.0 Å². The number of nitrogens with zero attached hydrogens (tertiary/aromatic N) is 3. The van der Waals surface area contributed by atoms with E-state index in [1.165, 1.54) is 18.3 Å². The van der Waals surface area contributed by atoms with Gasteiger partial charge in [0.25, 0.3) is 5.91 Å². The Morgan fingerprint density at radius 3 is 2.77 bits per heavy atom. The minimum atomic E-state index is -0.461. The molecule has 0 bridgehead atoms. The summed E-state index contributed by atoms with van der Waals surface area (Å²) in [7, 11) is 0. The minimum absolute atomic E-state index is 0.286. The second kappa shape index (κ2) is 8.57. The first-order valence-electron chi connectivity index (χ1n) is 11.5. The lowest BCUT2D eigenvalue weighted by Gasteiger charge is -2.27. The number of carbonyl (C=O) groups excluding carboxylic acids is 1. The van der Waals surface area contributed by atoms with Gasteiger partial charge < -0.3 is 19.7 Å². The number of fused-ring (bicyclic) bond motifs is 2. The van der Waals surface area contributed by atoms with Crippen molar-refractivity contribution in [2.45, 2.75) is 18.9 Å². The Kier molecular flexibility index (Phi) is 5.24. The number of amides is 1. The van der Waals surface area contributed by atoms with Crippen molar-refractivity contribution in [3.05, 3.63) is 83.7 Å². The van der Waals surface area contributed by atoms with Crippen molar-refractivity contribution < 1.29 is 23.0 Å². The zero-order chi connectivity index (χ0) is 23.9. The molecule has 1 unspecified atom stereocenters. The van der Waals surface area contributed by atoms with Crippen LogP contribution in [-0.2, 0) is 0 Å². The number of carbonyl (C=O) groups is 1. The largest absolute Gasteiger partial charge is 0.486 e. The SMILES string of the molecule is O=C(Nc1ccc2c(c1)OCCO2)c1cnn2ccc(N3CCCC3c3cc(F)ccc3F)cc12. The highest BCUT2D eigenvalue weighted by atomic mass is 19.1. The van der Waals surface area contributed by atoms with Crippen molar-refractivity contribution >= 4 is 22.8 Å². The molecule has 2 aliphatic rings. The summed E-state index contributed by atoms with van der Waals surface area (Å²) in [6.45, 7) is 1.65. The third-order valence-corrected chi connectivity index (χ3v) is 6.45. The van der Waals surface area contributed by atoms with E-state index in [2.05, 4.69) is 10.4 Å². The maximum Gasteiger partial charge on any atom is 0.259 e. The van der Waals surface area contributed by atoms with Crippen LogP contribution in [0.5, 0.6) is 11.5 Å². The first-order valence-corrected chi connectivity index (χ1v) is 11.5. The number of ether oxygens (including phenoxy) is 2. The number of hydrogen-bond donors (Lipinski definition) is 1. The van der Waals surface area contributed by atoms with E-state index >= 15 is 0 Å². The second-order valence-electron chi connectivity index (χ2n) is 8.60. The van der Waals surface area contributed by atoms with E-state index < -0.39 is 11.6 Å². The molecule has 1 N–H and O–H groups in total. The summed E-state index contributed by atoms with van der Waals surface area (Å²) in [5.41, 5.74) is 2.75. The summed E-state index contributed by atoms with van der Waals surface area (Å²) in [5, 5.41) is 7.20. The zero-order valence-corrected chi connectivity index (χ0v) is 18.7. The van der Waals surface area contributed by atoms with Gasteiger partial charge in [-0.25, -0.2) is 13.3 Å². The Balaban J connectivity index is 1.29. The number of pyridine rings is 1. The highest BCUT2D eigenvalue weighted by Crippen LogP contribution is 2.38. The van der Waals surface area contributed by atoms with Crippen molar-refractivity contribution in [3.63, 3.8) is 0 Å². The van der Waals surface area contributed by atoms with Crippen molar-refractivity contribution in [2.24, 2.45) is 0 Å². The van der Waals surface area contributed by atoms with Gasteiger partial charge in [-0.3, -0.25) is 4.79 Å². The molecule has 7 nitrogen and oxygen atoms in total. The molecule has 178 valence electrons. The molecule has 1 atom stereocenters. The molecule has 4 heterocycles. The molecule has 1 fully saturated rings. The molecule has 0 spiro atoms. The smallest absolute Gasteiger partial charge is 0.259 e. The van der Waals surface area contributed by atoms with E-state index in [4.69, 9.17) is 9.47 Å². The summed E-state index contributed by atoms with van der Waals surface area (Å²) in [6, 6.07) is 12.3. The van der Waals surface area contributed by atoms with E-state index in [0.29, 0.717) is 60.0 Å². The number of benzene rings is 2. The standard InChI is InChI=1S/C26H22F2N4O3/c27-16-3-5-21(28)19(12-16)22-2-1-8-31(22)18-7-9-32-23(14-18)20(15-29-32)26(33)30-17-4-6-24-25(13-17)35-11-10-34-24/h3-7,9,12-15,22H,1-2,8,10-11H2,(H,30,33). The number of anilines is 2. The fourth-order valence-corrected chi connectivity index (χ4v) is 4.81. The van der Waals surface area contributed by atoms with Gasteiger partial charge in [-0.15, -0.1) is 0 Å². The molecule has 9 heteroatoms. The van der Waals surface area contributed by atoms with Gasteiger partial charge in [0.1, 0.15) is 24.8 Å². The van der Waals surface area contributed by atoms with E-state index in [9.17, 15) is 13.6 Å². The molecule has 6 rings (SSSR count). The lowest BCUT2D eigenvalue weighted by Crippen LogP contribution is -2.23. The third kappa shape index (κ3) is 3.92. The maximum atomic E-state index is 14.5. The third-order valence-electron chi connectivity index (χ3n) is 6.45. The van der Waals surface area contributed by atoms with Gasteiger partial charge in [0, 0.05) is 35.7 Å². The molecule has 2 aliphatic heterocycles. The Morgan fingerprint density at radius 2 is 1.89 bits per heavy atom. The summed E-state index contributed by atoms with van der Waals surface area (Å²) in [5.74, 6) is 0.0272. The molecular weight excluding hydrogens is 454 g/mol. The molecule has 1 saturated heterocycles. The predicted molar refractivity (Wildman–Crippen MR) is 126 cm³/mol. The average molecular weight is 476 g/mol. The van der Waals surface area contributed by atoms with Crippen LogP contribution in [0.25, 0.3) is 5.52 Å². The molecule has 0 radical (unpaired) electrons. The van der Waals surface area contributed by atoms with Gasteiger partial charge in [-0.1, -0.05) is 0 Å². The molecule has 4 aromatic rings. The van der Waals surface area contributed by atoms with Gasteiger partial charge in [-0.05, 0) is 55.3 Å². The van der Waals surface area contributed by atoms with Gasteiger partial charge in [-0.2, -0.15) is 5.10 Å². The molecule has 2 aromatic carbocycles. The molecule has 0 saturated carbocycles. The molecule has 1 amide bonds. The molecule has 35 heavy (non-hydrogen) atoms. The Morgan fingerprint density at radius 1 is 1.03 bits per heavy atom. The van der Waals surface area contributed by atoms with Crippen LogP contribution in [-0.4, -0.2) is 35.3 Å². The first-order chi connectivity index (χ1) is 17.1. The number of rotatable bonds is 4. The number of hydrogen-bond acceptors (Lipinski definition) is 5. The van der Waals surface area contributed by atoms with Crippen LogP contribution in [0, 0.1) is 11.6 Å². The number of aromatic nitrogens is 2. The van der Waals surface area contributed by atoms with Gasteiger partial charge in [0.15, 0.2) is 11.5 Å². The van der Waals surface area contributed by atoms with Crippen LogP contribution in [0.15, 0.2) is 60.9 Å². The van der Waals surface area contributed by atoms with Crippen LogP contribution in [0.4, 0.5) is 20.2 Å². The fraction of sp³-hybridized carbons (Fsp3) is 0.231. The summed E-state index contributed by atoms with van der Waals surface area (Å²) in [4.78, 5) is 15.2. The van der Waals surface area contributed by atoms with Crippen LogP contribution in [0.3, 0.4) is 0 Å². The molecular formula is C26H22F2N4O3. The van der Waals surface area contributed by atoms with Crippen molar-refractivity contribution in [1.29, 1.82) is 0 Å². The lowest BCUT2D eigenvalue weighted by molar-refractivity contribution is 0.102. The Bertz CT molecular complexity index is 1440. The van der Waals surface area contributed by atoms with Crippen LogP contribution < -0.4 is 19.7 Å². The maximum absolute atomic E-state index is 14.5. The highest BCUT2D eigenvalue weighted by Gasteiger charge is 2.29. The predicted octanol–water partition coefficient (Wildman–Crippen LogP) is 4.98. The highest BCUT2D eigenvalue weighted by molar-refractivity contribution is 6.09.